The number of nitrogens with one attached hydrogen (secondary N) is 2. The third kappa shape index (κ3) is 5.26. The Morgan fingerprint density at radius 2 is 1.58 bits per heavy atom. The molecule has 2 aromatic rings. The number of carbonyl (C=O) groups excluding carboxylic acids is 2. The molecule has 2 amide bonds. The van der Waals surface area contributed by atoms with Crippen LogP contribution in [0, 0.1) is 23.6 Å². The molecule has 4 bridgehead atoms. The van der Waals surface area contributed by atoms with Gasteiger partial charge in [0.05, 0.1) is 11.3 Å². The van der Waals surface area contributed by atoms with Crippen LogP contribution in [-0.2, 0) is 11.2 Å². The second-order valence-corrected chi connectivity index (χ2v) is 11.2. The van der Waals surface area contributed by atoms with Crippen molar-refractivity contribution in [2.75, 3.05) is 12.3 Å². The van der Waals surface area contributed by atoms with Crippen molar-refractivity contribution in [1.82, 2.24) is 10.6 Å². The highest BCUT2D eigenvalue weighted by Crippen LogP contribution is 2.55. The molecule has 4 aliphatic carbocycles. The van der Waals surface area contributed by atoms with Gasteiger partial charge in [-0.15, -0.1) is 11.8 Å². The second-order valence-electron chi connectivity index (χ2n) is 10.2. The van der Waals surface area contributed by atoms with Gasteiger partial charge in [0.25, 0.3) is 5.91 Å². The third-order valence-electron chi connectivity index (χ3n) is 7.55. The first-order valence-electron chi connectivity index (χ1n) is 12.0. The molecule has 0 saturated heterocycles. The third-order valence-corrected chi connectivity index (χ3v) is 8.62. The number of halogens is 1. The molecule has 6 heteroatoms. The molecule has 0 atom stereocenters. The summed E-state index contributed by atoms with van der Waals surface area (Å²) in [7, 11) is 0. The lowest BCUT2D eigenvalue weighted by atomic mass is 9.53. The zero-order chi connectivity index (χ0) is 22.8. The fourth-order valence-electron chi connectivity index (χ4n) is 6.59. The standard InChI is InChI=1S/C27H31FN2O2S/c28-22-7-5-18(6-8-22)9-10-29-26(32)23-3-1-2-4-24(23)33-17-25(31)30-27-14-19-11-20(15-27)13-21(12-19)16-27/h1-8,19-21H,9-17H2,(H,29,32)(H,30,31). The van der Waals surface area contributed by atoms with Crippen molar-refractivity contribution >= 4 is 23.6 Å². The van der Waals surface area contributed by atoms with Crippen molar-refractivity contribution in [1.29, 1.82) is 0 Å². The van der Waals surface area contributed by atoms with Gasteiger partial charge >= 0.3 is 0 Å². The van der Waals surface area contributed by atoms with E-state index in [4.69, 9.17) is 0 Å². The van der Waals surface area contributed by atoms with E-state index in [1.165, 1.54) is 43.2 Å². The van der Waals surface area contributed by atoms with Crippen molar-refractivity contribution in [2.24, 2.45) is 17.8 Å². The number of benzene rings is 2. The molecule has 0 aromatic heterocycles. The Balaban J connectivity index is 1.14. The van der Waals surface area contributed by atoms with E-state index in [2.05, 4.69) is 10.6 Å². The Hall–Kier alpha value is -2.34. The normalized spacial score (nSPS) is 27.4. The quantitative estimate of drug-likeness (QED) is 0.540. The van der Waals surface area contributed by atoms with Crippen molar-refractivity contribution in [2.45, 2.75) is 55.4 Å². The molecule has 0 heterocycles. The van der Waals surface area contributed by atoms with Crippen LogP contribution in [-0.4, -0.2) is 29.7 Å². The van der Waals surface area contributed by atoms with Gasteiger partial charge < -0.3 is 10.6 Å². The zero-order valence-electron chi connectivity index (χ0n) is 18.8. The summed E-state index contributed by atoms with van der Waals surface area (Å²) < 4.78 is 13.0. The SMILES string of the molecule is O=C(CSc1ccccc1C(=O)NCCc1ccc(F)cc1)NC12CC3CC(CC(C3)C1)C2. The van der Waals surface area contributed by atoms with Gasteiger partial charge in [-0.2, -0.15) is 0 Å². The van der Waals surface area contributed by atoms with Gasteiger partial charge in [0.2, 0.25) is 5.91 Å². The van der Waals surface area contributed by atoms with E-state index in [0.717, 1.165) is 47.5 Å². The largest absolute Gasteiger partial charge is 0.352 e. The van der Waals surface area contributed by atoms with E-state index in [-0.39, 0.29) is 23.2 Å². The molecule has 0 radical (unpaired) electrons. The number of carbonyl (C=O) groups is 2. The van der Waals surface area contributed by atoms with E-state index in [1.54, 1.807) is 18.2 Å². The molecular weight excluding hydrogens is 435 g/mol. The second kappa shape index (κ2) is 9.49. The maximum atomic E-state index is 13.0. The molecular formula is C27H31FN2O2S. The van der Waals surface area contributed by atoms with Gasteiger partial charge in [-0.3, -0.25) is 9.59 Å². The summed E-state index contributed by atoms with van der Waals surface area (Å²) in [5.41, 5.74) is 1.58. The van der Waals surface area contributed by atoms with Crippen LogP contribution in [0.4, 0.5) is 4.39 Å². The summed E-state index contributed by atoms with van der Waals surface area (Å²) >= 11 is 1.43. The highest BCUT2D eigenvalue weighted by atomic mass is 32.2. The molecule has 33 heavy (non-hydrogen) atoms. The van der Waals surface area contributed by atoms with E-state index >= 15 is 0 Å². The van der Waals surface area contributed by atoms with Crippen LogP contribution in [0.5, 0.6) is 0 Å². The summed E-state index contributed by atoms with van der Waals surface area (Å²) in [5.74, 6) is 2.37. The molecule has 6 rings (SSSR count). The first-order chi connectivity index (χ1) is 16.0. The van der Waals surface area contributed by atoms with Gasteiger partial charge in [0, 0.05) is 17.0 Å². The van der Waals surface area contributed by atoms with Gasteiger partial charge in [0.15, 0.2) is 0 Å². The Morgan fingerprint density at radius 3 is 2.24 bits per heavy atom. The molecule has 4 saturated carbocycles. The van der Waals surface area contributed by atoms with E-state index in [0.29, 0.717) is 24.3 Å². The molecule has 4 nitrogen and oxygen atoms in total. The van der Waals surface area contributed by atoms with Crippen LogP contribution in [0.2, 0.25) is 0 Å². The minimum atomic E-state index is -0.263. The number of amides is 2. The summed E-state index contributed by atoms with van der Waals surface area (Å²) in [6, 6.07) is 13.8. The summed E-state index contributed by atoms with van der Waals surface area (Å²) in [6.45, 7) is 0.468. The first-order valence-corrected chi connectivity index (χ1v) is 13.0. The van der Waals surface area contributed by atoms with Crippen molar-refractivity contribution in [3.8, 4) is 0 Å². The molecule has 2 N–H and O–H groups in total. The minimum absolute atomic E-state index is 0.0175. The maximum Gasteiger partial charge on any atom is 0.252 e. The van der Waals surface area contributed by atoms with Gasteiger partial charge in [0.1, 0.15) is 5.82 Å². The van der Waals surface area contributed by atoms with Gasteiger partial charge in [-0.25, -0.2) is 4.39 Å². The Morgan fingerprint density at radius 1 is 0.939 bits per heavy atom. The van der Waals surface area contributed by atoms with Crippen LogP contribution in [0.15, 0.2) is 53.4 Å². The molecule has 0 unspecified atom stereocenters. The highest BCUT2D eigenvalue weighted by Gasteiger charge is 2.51. The van der Waals surface area contributed by atoms with Crippen LogP contribution in [0.25, 0.3) is 0 Å². The van der Waals surface area contributed by atoms with Gasteiger partial charge in [-0.1, -0.05) is 24.3 Å². The number of hydrogen-bond acceptors (Lipinski definition) is 3. The van der Waals surface area contributed by atoms with Crippen molar-refractivity contribution < 1.29 is 14.0 Å². The van der Waals surface area contributed by atoms with Crippen molar-refractivity contribution in [3.63, 3.8) is 0 Å². The molecule has 4 fully saturated rings. The fraction of sp³-hybridized carbons (Fsp3) is 0.481. The monoisotopic (exact) mass is 466 g/mol. The number of thioether (sulfide) groups is 1. The lowest BCUT2D eigenvalue weighted by molar-refractivity contribution is -0.124. The van der Waals surface area contributed by atoms with Crippen LogP contribution in [0.3, 0.4) is 0 Å². The Labute approximate surface area is 199 Å². The topological polar surface area (TPSA) is 58.2 Å². The number of hydrogen-bond donors (Lipinski definition) is 2. The Kier molecular flexibility index (Phi) is 6.46. The average Bonchev–Trinajstić information content (AvgIpc) is 2.78. The van der Waals surface area contributed by atoms with Crippen LogP contribution < -0.4 is 10.6 Å². The van der Waals surface area contributed by atoms with Crippen LogP contribution in [0.1, 0.15) is 54.4 Å². The molecule has 174 valence electrons. The van der Waals surface area contributed by atoms with E-state index in [9.17, 15) is 14.0 Å². The lowest BCUT2D eigenvalue weighted by Crippen LogP contribution is -2.60. The molecule has 0 spiro atoms. The van der Waals surface area contributed by atoms with Crippen molar-refractivity contribution in [3.05, 3.63) is 65.5 Å². The molecule has 4 aliphatic rings. The van der Waals surface area contributed by atoms with E-state index < -0.39 is 0 Å². The Bertz CT molecular complexity index is 988. The highest BCUT2D eigenvalue weighted by molar-refractivity contribution is 8.00. The summed E-state index contributed by atoms with van der Waals surface area (Å²) in [5, 5.41) is 6.36. The maximum absolute atomic E-state index is 13.0. The zero-order valence-corrected chi connectivity index (χ0v) is 19.6. The van der Waals surface area contributed by atoms with Crippen LogP contribution >= 0.6 is 11.8 Å². The number of rotatable bonds is 8. The minimum Gasteiger partial charge on any atom is -0.352 e. The molecule has 0 aliphatic heterocycles. The fourth-order valence-corrected chi connectivity index (χ4v) is 7.44. The predicted octanol–water partition coefficient (Wildman–Crippen LogP) is 4.98. The van der Waals surface area contributed by atoms with E-state index in [1.807, 2.05) is 18.2 Å². The molecule has 2 aromatic carbocycles. The first kappa shape index (κ1) is 22.5. The summed E-state index contributed by atoms with van der Waals surface area (Å²) in [6.07, 6.45) is 8.12. The summed E-state index contributed by atoms with van der Waals surface area (Å²) in [4.78, 5) is 26.5. The lowest BCUT2D eigenvalue weighted by Gasteiger charge is -2.56. The van der Waals surface area contributed by atoms with Gasteiger partial charge in [-0.05, 0) is 92.5 Å². The average molecular weight is 467 g/mol. The predicted molar refractivity (Wildman–Crippen MR) is 129 cm³/mol. The smallest absolute Gasteiger partial charge is 0.252 e.